The largest absolute Gasteiger partial charge is 0.389 e. The normalized spacial score (nSPS) is 16.9. The molecule has 18 heavy (non-hydrogen) atoms. The van der Waals surface area contributed by atoms with Gasteiger partial charge in [-0.05, 0) is 24.7 Å². The molecule has 1 fully saturated rings. The lowest BCUT2D eigenvalue weighted by Crippen LogP contribution is -2.46. The van der Waals surface area contributed by atoms with E-state index < -0.39 is 0 Å². The van der Waals surface area contributed by atoms with E-state index in [0.29, 0.717) is 4.99 Å². The van der Waals surface area contributed by atoms with Crippen molar-refractivity contribution in [2.45, 2.75) is 6.92 Å². The van der Waals surface area contributed by atoms with Crippen LogP contribution in [0.2, 0.25) is 5.02 Å². The summed E-state index contributed by atoms with van der Waals surface area (Å²) in [4.78, 5) is 5.14. The number of hydrogen-bond acceptors (Lipinski definition) is 3. The zero-order valence-corrected chi connectivity index (χ0v) is 12.1. The fourth-order valence-electron chi connectivity index (χ4n) is 2.22. The van der Waals surface area contributed by atoms with E-state index in [9.17, 15) is 0 Å². The highest BCUT2D eigenvalue weighted by atomic mass is 35.5. The SMILES string of the molecule is CCN1CCN(c2ccc(C(N)=S)cc2Cl)CC1. The average Bonchev–Trinajstić information content (AvgIpc) is 2.38. The van der Waals surface area contributed by atoms with Gasteiger partial charge in [-0.15, -0.1) is 0 Å². The Bertz CT molecular complexity index is 442. The van der Waals surface area contributed by atoms with Crippen LogP contribution in [0.1, 0.15) is 12.5 Å². The van der Waals surface area contributed by atoms with Gasteiger partial charge in [-0.2, -0.15) is 0 Å². The Kier molecular flexibility index (Phi) is 4.43. The maximum absolute atomic E-state index is 6.31. The molecule has 0 saturated carbocycles. The van der Waals surface area contributed by atoms with Gasteiger partial charge in [0.2, 0.25) is 0 Å². The fourth-order valence-corrected chi connectivity index (χ4v) is 2.65. The van der Waals surface area contributed by atoms with E-state index >= 15 is 0 Å². The van der Waals surface area contributed by atoms with Gasteiger partial charge in [0.25, 0.3) is 0 Å². The number of piperazine rings is 1. The second-order valence-electron chi connectivity index (χ2n) is 4.45. The molecule has 1 aromatic rings. The highest BCUT2D eigenvalue weighted by Gasteiger charge is 2.18. The number of likely N-dealkylation sites (N-methyl/N-ethyl adjacent to an activating group) is 1. The molecule has 0 aromatic heterocycles. The molecule has 1 aliphatic rings. The first-order valence-corrected chi connectivity index (χ1v) is 6.97. The Morgan fingerprint density at radius 3 is 2.50 bits per heavy atom. The van der Waals surface area contributed by atoms with Gasteiger partial charge in [-0.1, -0.05) is 30.7 Å². The molecule has 0 bridgehead atoms. The third-order valence-corrected chi connectivity index (χ3v) is 3.93. The van der Waals surface area contributed by atoms with Crippen LogP contribution in [0.3, 0.4) is 0 Å². The number of halogens is 1. The minimum absolute atomic E-state index is 0.388. The summed E-state index contributed by atoms with van der Waals surface area (Å²) < 4.78 is 0. The lowest BCUT2D eigenvalue weighted by molar-refractivity contribution is 0.271. The quantitative estimate of drug-likeness (QED) is 0.862. The van der Waals surface area contributed by atoms with E-state index in [0.717, 1.165) is 49.0 Å². The number of anilines is 1. The molecule has 1 heterocycles. The molecule has 0 atom stereocenters. The van der Waals surface area contributed by atoms with Gasteiger partial charge in [0.1, 0.15) is 4.99 Å². The molecule has 1 aliphatic heterocycles. The highest BCUT2D eigenvalue weighted by Crippen LogP contribution is 2.27. The smallest absolute Gasteiger partial charge is 0.104 e. The summed E-state index contributed by atoms with van der Waals surface area (Å²) in [5, 5.41) is 0.727. The summed E-state index contributed by atoms with van der Waals surface area (Å²) in [5.74, 6) is 0. The van der Waals surface area contributed by atoms with E-state index in [1.807, 2.05) is 18.2 Å². The minimum atomic E-state index is 0.388. The summed E-state index contributed by atoms with van der Waals surface area (Å²) in [6, 6.07) is 5.81. The van der Waals surface area contributed by atoms with Gasteiger partial charge >= 0.3 is 0 Å². The molecular weight excluding hydrogens is 266 g/mol. The molecule has 5 heteroatoms. The van der Waals surface area contributed by atoms with Gasteiger partial charge in [0, 0.05) is 31.7 Å². The zero-order chi connectivity index (χ0) is 13.1. The van der Waals surface area contributed by atoms with E-state index in [1.54, 1.807) is 0 Å². The highest BCUT2D eigenvalue weighted by molar-refractivity contribution is 7.80. The Morgan fingerprint density at radius 2 is 2.00 bits per heavy atom. The molecule has 98 valence electrons. The van der Waals surface area contributed by atoms with Gasteiger partial charge in [0.05, 0.1) is 10.7 Å². The lowest BCUT2D eigenvalue weighted by Gasteiger charge is -2.36. The molecule has 0 aliphatic carbocycles. The second kappa shape index (κ2) is 5.87. The van der Waals surface area contributed by atoms with Crippen molar-refractivity contribution < 1.29 is 0 Å². The monoisotopic (exact) mass is 283 g/mol. The lowest BCUT2D eigenvalue weighted by atomic mass is 10.1. The van der Waals surface area contributed by atoms with Crippen molar-refractivity contribution in [1.29, 1.82) is 0 Å². The van der Waals surface area contributed by atoms with Crippen molar-refractivity contribution in [1.82, 2.24) is 4.90 Å². The second-order valence-corrected chi connectivity index (χ2v) is 5.30. The summed E-state index contributed by atoms with van der Waals surface area (Å²) in [5.41, 5.74) is 7.50. The summed E-state index contributed by atoms with van der Waals surface area (Å²) in [7, 11) is 0. The van der Waals surface area contributed by atoms with Crippen LogP contribution in [0.25, 0.3) is 0 Å². The number of benzene rings is 1. The maximum Gasteiger partial charge on any atom is 0.104 e. The number of thiocarbonyl (C=S) groups is 1. The van der Waals surface area contributed by atoms with Crippen LogP contribution in [-0.4, -0.2) is 42.6 Å². The van der Waals surface area contributed by atoms with Crippen LogP contribution >= 0.6 is 23.8 Å². The van der Waals surface area contributed by atoms with Crippen LogP contribution < -0.4 is 10.6 Å². The van der Waals surface area contributed by atoms with Crippen molar-refractivity contribution in [3.8, 4) is 0 Å². The topological polar surface area (TPSA) is 32.5 Å². The molecule has 0 unspecified atom stereocenters. The number of rotatable bonds is 3. The van der Waals surface area contributed by atoms with Gasteiger partial charge < -0.3 is 15.5 Å². The molecule has 2 rings (SSSR count). The van der Waals surface area contributed by atoms with Gasteiger partial charge in [0.15, 0.2) is 0 Å². The van der Waals surface area contributed by atoms with E-state index in [2.05, 4.69) is 16.7 Å². The Morgan fingerprint density at radius 1 is 1.33 bits per heavy atom. The van der Waals surface area contributed by atoms with Crippen LogP contribution in [0.15, 0.2) is 18.2 Å². The van der Waals surface area contributed by atoms with Gasteiger partial charge in [-0.3, -0.25) is 0 Å². The zero-order valence-electron chi connectivity index (χ0n) is 10.5. The molecule has 0 amide bonds. The van der Waals surface area contributed by atoms with E-state index in [1.165, 1.54) is 0 Å². The van der Waals surface area contributed by atoms with Crippen molar-refractivity contribution in [2.24, 2.45) is 5.73 Å². The van der Waals surface area contributed by atoms with Crippen LogP contribution in [0, 0.1) is 0 Å². The Hall–Kier alpha value is -0.840. The van der Waals surface area contributed by atoms with Crippen LogP contribution in [-0.2, 0) is 0 Å². The van der Waals surface area contributed by atoms with Crippen molar-refractivity contribution in [3.63, 3.8) is 0 Å². The van der Waals surface area contributed by atoms with Crippen molar-refractivity contribution in [3.05, 3.63) is 28.8 Å². The standard InChI is InChI=1S/C13H18ClN3S/c1-2-16-5-7-17(8-6-16)12-4-3-10(13(15)18)9-11(12)14/h3-4,9H,2,5-8H2,1H3,(H2,15,18). The minimum Gasteiger partial charge on any atom is -0.389 e. The molecule has 0 spiro atoms. The van der Waals surface area contributed by atoms with Crippen molar-refractivity contribution >= 4 is 34.5 Å². The van der Waals surface area contributed by atoms with Crippen LogP contribution in [0.4, 0.5) is 5.69 Å². The summed E-state index contributed by atoms with van der Waals surface area (Å²) in [6.07, 6.45) is 0. The van der Waals surface area contributed by atoms with Crippen LogP contribution in [0.5, 0.6) is 0 Å². The first-order chi connectivity index (χ1) is 8.61. The molecule has 3 nitrogen and oxygen atoms in total. The summed E-state index contributed by atoms with van der Waals surface area (Å²) in [6.45, 7) is 7.51. The molecule has 1 saturated heterocycles. The fraction of sp³-hybridized carbons (Fsp3) is 0.462. The molecule has 2 N–H and O–H groups in total. The molecule has 1 aromatic carbocycles. The average molecular weight is 284 g/mol. The predicted octanol–water partition coefficient (Wildman–Crippen LogP) is 2.12. The maximum atomic E-state index is 6.31. The number of nitrogens with two attached hydrogens (primary N) is 1. The molecular formula is C13H18ClN3S. The van der Waals surface area contributed by atoms with Crippen molar-refractivity contribution in [2.75, 3.05) is 37.6 Å². The number of hydrogen-bond donors (Lipinski definition) is 1. The third kappa shape index (κ3) is 2.94. The first kappa shape index (κ1) is 13.6. The number of nitrogens with zero attached hydrogens (tertiary/aromatic N) is 2. The first-order valence-electron chi connectivity index (χ1n) is 6.18. The van der Waals surface area contributed by atoms with Gasteiger partial charge in [-0.25, -0.2) is 0 Å². The third-order valence-electron chi connectivity index (χ3n) is 3.39. The Balaban J connectivity index is 2.12. The van der Waals surface area contributed by atoms with E-state index in [-0.39, 0.29) is 0 Å². The molecule has 0 radical (unpaired) electrons. The Labute approximate surface area is 119 Å². The summed E-state index contributed by atoms with van der Waals surface area (Å²) >= 11 is 11.3. The van der Waals surface area contributed by atoms with E-state index in [4.69, 9.17) is 29.6 Å². The predicted molar refractivity (Wildman–Crippen MR) is 81.7 cm³/mol.